The predicted molar refractivity (Wildman–Crippen MR) is 189 cm³/mol. The van der Waals surface area contributed by atoms with E-state index in [0.717, 1.165) is 50.4 Å². The van der Waals surface area contributed by atoms with E-state index in [2.05, 4.69) is 181 Å². The van der Waals surface area contributed by atoms with Crippen LogP contribution in [-0.4, -0.2) is 18.7 Å². The third kappa shape index (κ3) is 5.22. The fourth-order valence-electron chi connectivity index (χ4n) is 6.62. The Labute approximate surface area is 290 Å². The van der Waals surface area contributed by atoms with Crippen molar-refractivity contribution in [2.24, 2.45) is 0 Å². The first-order chi connectivity index (χ1) is 22.4. The molecule has 4 nitrogen and oxygen atoms in total. The van der Waals surface area contributed by atoms with Gasteiger partial charge in [0.1, 0.15) is 11.5 Å². The quantitative estimate of drug-likeness (QED) is 0.154. The summed E-state index contributed by atoms with van der Waals surface area (Å²) in [5.74, 6) is 1.33. The number of pyridine rings is 1. The average Bonchev–Trinajstić information content (AvgIpc) is 3.65. The van der Waals surface area contributed by atoms with Crippen molar-refractivity contribution in [1.82, 2.24) is 18.7 Å². The van der Waals surface area contributed by atoms with Crippen molar-refractivity contribution in [2.75, 3.05) is 0 Å². The number of hydrogen-bond acceptors (Lipinski definition) is 1. The van der Waals surface area contributed by atoms with Crippen molar-refractivity contribution in [3.05, 3.63) is 163 Å². The van der Waals surface area contributed by atoms with Crippen molar-refractivity contribution < 1.29 is 21.1 Å². The first kappa shape index (κ1) is 30.8. The number of para-hydroxylation sites is 4. The minimum absolute atomic E-state index is 0. The summed E-state index contributed by atoms with van der Waals surface area (Å²) in [6.07, 6.45) is 4.09. The molecule has 0 amide bonds. The van der Waals surface area contributed by atoms with Crippen LogP contribution in [0.5, 0.6) is 0 Å². The molecular formula is C42H35N4Pt-. The summed E-state index contributed by atoms with van der Waals surface area (Å²) in [5, 5.41) is 2.38. The fraction of sp³-hybridized carbons (Fsp3) is 0.143. The summed E-state index contributed by atoms with van der Waals surface area (Å²) >= 11 is 0. The Morgan fingerprint density at radius 2 is 1.34 bits per heavy atom. The van der Waals surface area contributed by atoms with Gasteiger partial charge in [-0.2, -0.15) is 40.5 Å². The second-order valence-electron chi connectivity index (χ2n) is 12.8. The minimum Gasteiger partial charge on any atom is -0.319 e. The Morgan fingerprint density at radius 1 is 0.660 bits per heavy atom. The molecular weight excluding hydrogens is 756 g/mol. The molecule has 47 heavy (non-hydrogen) atoms. The van der Waals surface area contributed by atoms with Crippen LogP contribution >= 0.6 is 0 Å². The molecule has 0 spiro atoms. The van der Waals surface area contributed by atoms with E-state index in [4.69, 9.17) is 4.98 Å². The number of hydrogen-bond donors (Lipinski definition) is 0. The van der Waals surface area contributed by atoms with Crippen LogP contribution in [0.4, 0.5) is 0 Å². The van der Waals surface area contributed by atoms with Crippen molar-refractivity contribution in [2.45, 2.75) is 39.0 Å². The molecule has 0 aliphatic heterocycles. The maximum atomic E-state index is 4.84. The van der Waals surface area contributed by atoms with E-state index in [-0.39, 0.29) is 26.5 Å². The van der Waals surface area contributed by atoms with Crippen LogP contribution < -0.4 is 0 Å². The molecule has 234 valence electrons. The molecule has 0 atom stereocenters. The molecule has 0 fully saturated rings. The third-order valence-corrected chi connectivity index (χ3v) is 9.30. The Balaban J connectivity index is 0.00000351. The molecule has 0 saturated carbocycles. The van der Waals surface area contributed by atoms with Crippen LogP contribution in [0, 0.1) is 12.1 Å². The zero-order chi connectivity index (χ0) is 31.4. The van der Waals surface area contributed by atoms with E-state index in [1.54, 1.807) is 0 Å². The van der Waals surface area contributed by atoms with Crippen LogP contribution in [0.2, 0.25) is 0 Å². The van der Waals surface area contributed by atoms with Gasteiger partial charge in [0, 0.05) is 50.6 Å². The third-order valence-electron chi connectivity index (χ3n) is 9.30. The molecule has 8 rings (SSSR count). The number of rotatable bonds is 6. The molecule has 0 N–H and O–H groups in total. The molecule has 0 bridgehead atoms. The van der Waals surface area contributed by atoms with Crippen molar-refractivity contribution in [1.29, 1.82) is 0 Å². The zero-order valence-corrected chi connectivity index (χ0v) is 29.2. The maximum absolute atomic E-state index is 4.84. The summed E-state index contributed by atoms with van der Waals surface area (Å²) in [4.78, 5) is 4.84. The predicted octanol–water partition coefficient (Wildman–Crippen LogP) is 10.2. The van der Waals surface area contributed by atoms with Crippen molar-refractivity contribution in [3.8, 4) is 17.2 Å². The minimum atomic E-state index is -0.364. The van der Waals surface area contributed by atoms with Gasteiger partial charge in [-0.1, -0.05) is 81.7 Å². The van der Waals surface area contributed by atoms with Gasteiger partial charge in [0.05, 0.1) is 0 Å². The zero-order valence-electron chi connectivity index (χ0n) is 26.9. The number of nitrogens with zero attached hydrogens (tertiary/aromatic N) is 4. The molecule has 3 heterocycles. The Hall–Kier alpha value is -4.79. The molecule has 5 aromatic carbocycles. The normalized spacial score (nSPS) is 11.9. The van der Waals surface area contributed by atoms with Gasteiger partial charge in [0.15, 0.2) is 17.4 Å². The van der Waals surface area contributed by atoms with Gasteiger partial charge in [-0.15, -0.1) is 23.1 Å². The largest absolute Gasteiger partial charge is 0.319 e. The van der Waals surface area contributed by atoms with Crippen LogP contribution in [0.25, 0.3) is 50.0 Å². The number of benzene rings is 5. The second-order valence-corrected chi connectivity index (χ2v) is 12.8. The van der Waals surface area contributed by atoms with Crippen LogP contribution in [0.3, 0.4) is 0 Å². The fourth-order valence-corrected chi connectivity index (χ4v) is 6.62. The van der Waals surface area contributed by atoms with Crippen molar-refractivity contribution in [3.63, 3.8) is 0 Å². The molecule has 0 saturated heterocycles. The number of imidazole rings is 1. The summed E-state index contributed by atoms with van der Waals surface area (Å²) < 4.78 is 6.74. The molecule has 5 heteroatoms. The van der Waals surface area contributed by atoms with Gasteiger partial charge in [0.2, 0.25) is 0 Å². The van der Waals surface area contributed by atoms with E-state index < -0.39 is 0 Å². The molecule has 8 aromatic rings. The monoisotopic (exact) mass is 790 g/mol. The number of aromatic nitrogens is 4. The molecule has 0 unspecified atom stereocenters. The molecule has 0 aliphatic carbocycles. The second kappa shape index (κ2) is 12.1. The summed E-state index contributed by atoms with van der Waals surface area (Å²) in [7, 11) is 0. The van der Waals surface area contributed by atoms with Gasteiger partial charge in [-0.05, 0) is 52.6 Å². The van der Waals surface area contributed by atoms with E-state index in [1.807, 2.05) is 6.20 Å². The van der Waals surface area contributed by atoms with E-state index in [1.165, 1.54) is 16.3 Å². The SMILES string of the molecule is CC(C)c1ccnc(-n2c3[c-]c(C(C)(C)c4[c-]c(-n5[cH+]n(-c6ccccc6)c6ccccc65)ccc4)ccc3c3ccccc32)c1.[Pt]. The van der Waals surface area contributed by atoms with Crippen LogP contribution in [0.15, 0.2) is 134 Å². The Kier molecular flexibility index (Phi) is 7.94. The Morgan fingerprint density at radius 3 is 2.11 bits per heavy atom. The average molecular weight is 791 g/mol. The molecule has 0 radical (unpaired) electrons. The number of fused-ring (bicyclic) bond motifs is 4. The van der Waals surface area contributed by atoms with E-state index >= 15 is 0 Å². The van der Waals surface area contributed by atoms with Crippen molar-refractivity contribution >= 4 is 32.8 Å². The van der Waals surface area contributed by atoms with Gasteiger partial charge in [-0.3, -0.25) is 0 Å². The van der Waals surface area contributed by atoms with Gasteiger partial charge >= 0.3 is 0 Å². The van der Waals surface area contributed by atoms with Crippen LogP contribution in [-0.2, 0) is 26.5 Å². The Bertz CT molecular complexity index is 2380. The first-order valence-corrected chi connectivity index (χ1v) is 15.9. The molecule has 0 aliphatic rings. The summed E-state index contributed by atoms with van der Waals surface area (Å²) in [6, 6.07) is 50.5. The first-order valence-electron chi connectivity index (χ1n) is 15.9. The topological polar surface area (TPSA) is 27.7 Å². The van der Waals surface area contributed by atoms with Gasteiger partial charge in [-0.25, -0.2) is 9.55 Å². The van der Waals surface area contributed by atoms with Gasteiger partial charge < -0.3 is 4.57 Å². The smallest absolute Gasteiger partial charge is 0.168 e. The standard InChI is InChI=1S/C42H35N4.Pt/c1-29(2)30-23-24-43-41(25-30)46-37-18-9-8-17-35(37)36-22-21-32(27-40(36)46)42(3,4)31-13-12-16-34(26-31)45-28-44(33-14-6-5-7-15-33)38-19-10-11-20-39(38)45;/h5-25,28-29H,1-4H3;/q-1;. The summed E-state index contributed by atoms with van der Waals surface area (Å²) in [6.45, 7) is 8.98. The molecule has 3 aromatic heterocycles. The summed E-state index contributed by atoms with van der Waals surface area (Å²) in [5.41, 5.74) is 9.69. The van der Waals surface area contributed by atoms with E-state index in [0.29, 0.717) is 5.92 Å². The van der Waals surface area contributed by atoms with Gasteiger partial charge in [0.25, 0.3) is 0 Å². The maximum Gasteiger partial charge on any atom is 0.168 e. The van der Waals surface area contributed by atoms with Crippen LogP contribution in [0.1, 0.15) is 50.3 Å². The van der Waals surface area contributed by atoms with E-state index in [9.17, 15) is 0 Å².